The van der Waals surface area contributed by atoms with Crippen LogP contribution in [0.3, 0.4) is 0 Å². The van der Waals surface area contributed by atoms with Crippen LogP contribution in [0.5, 0.6) is 0 Å². The van der Waals surface area contributed by atoms with Gasteiger partial charge in [0.2, 0.25) is 0 Å². The number of carbonyl (C=O) groups excluding carboxylic acids is 1. The van der Waals surface area contributed by atoms with Gasteiger partial charge in [0.1, 0.15) is 6.79 Å². The van der Waals surface area contributed by atoms with Crippen LogP contribution >= 0.6 is 12.6 Å². The predicted octanol–water partition coefficient (Wildman–Crippen LogP) is 1.46. The topological polar surface area (TPSA) is 20.3 Å². The van der Waals surface area contributed by atoms with Crippen LogP contribution in [0.2, 0.25) is 0 Å². The lowest BCUT2D eigenvalue weighted by molar-refractivity contribution is -0.0979. The van der Waals surface area contributed by atoms with Crippen molar-refractivity contribution in [3.05, 3.63) is 0 Å². The van der Waals surface area contributed by atoms with E-state index in [4.69, 9.17) is 4.79 Å². The SMILES string of the molecule is C=O.CCCN(CC)CCS. The van der Waals surface area contributed by atoms with Crippen LogP contribution in [0.4, 0.5) is 0 Å². The quantitative estimate of drug-likeness (QED) is 0.642. The molecule has 0 aromatic rings. The Morgan fingerprint density at radius 2 is 1.82 bits per heavy atom. The molecule has 2 nitrogen and oxygen atoms in total. The highest BCUT2D eigenvalue weighted by Gasteiger charge is 1.96. The third kappa shape index (κ3) is 9.98. The molecule has 0 aromatic heterocycles. The van der Waals surface area contributed by atoms with Crippen LogP contribution in [0, 0.1) is 0 Å². The minimum absolute atomic E-state index is 0.980. The van der Waals surface area contributed by atoms with E-state index in [1.54, 1.807) is 0 Å². The molecule has 0 aliphatic rings. The fourth-order valence-electron chi connectivity index (χ4n) is 0.886. The maximum Gasteiger partial charge on any atom is 0.106 e. The minimum atomic E-state index is 0.980. The summed E-state index contributed by atoms with van der Waals surface area (Å²) in [5.41, 5.74) is 0. The van der Waals surface area contributed by atoms with Gasteiger partial charge < -0.3 is 9.69 Å². The molecule has 0 fully saturated rings. The first-order valence-electron chi connectivity index (χ1n) is 3.97. The maximum absolute atomic E-state index is 8.00. The third-order valence-electron chi connectivity index (χ3n) is 1.40. The van der Waals surface area contributed by atoms with Gasteiger partial charge in [0.25, 0.3) is 0 Å². The van der Waals surface area contributed by atoms with Gasteiger partial charge in [0, 0.05) is 12.3 Å². The number of rotatable bonds is 5. The second-order valence-electron chi connectivity index (χ2n) is 2.16. The molecule has 68 valence electrons. The second kappa shape index (κ2) is 12.6. The van der Waals surface area contributed by atoms with Crippen molar-refractivity contribution in [1.29, 1.82) is 0 Å². The average Bonchev–Trinajstić information content (AvgIpc) is 2.08. The van der Waals surface area contributed by atoms with Crippen LogP contribution < -0.4 is 0 Å². The standard InChI is InChI=1S/C7H17NS.CH2O/c1-3-5-8(4-2)6-7-9;1-2/h9H,3-7H2,1-2H3;1H2. The molecule has 0 spiro atoms. The van der Waals surface area contributed by atoms with Gasteiger partial charge in [0.05, 0.1) is 0 Å². The van der Waals surface area contributed by atoms with Gasteiger partial charge in [-0.3, -0.25) is 0 Å². The lowest BCUT2D eigenvalue weighted by Crippen LogP contribution is -2.26. The van der Waals surface area contributed by atoms with E-state index in [0.29, 0.717) is 0 Å². The molecule has 0 N–H and O–H groups in total. The summed E-state index contributed by atoms with van der Waals surface area (Å²) in [5.74, 6) is 0.980. The molecule has 0 unspecified atom stereocenters. The highest BCUT2D eigenvalue weighted by Crippen LogP contribution is 1.90. The summed E-state index contributed by atoms with van der Waals surface area (Å²) >= 11 is 4.17. The van der Waals surface area contributed by atoms with Crippen LogP contribution in [0.25, 0.3) is 0 Å². The Morgan fingerprint density at radius 1 is 1.27 bits per heavy atom. The maximum atomic E-state index is 8.00. The van der Waals surface area contributed by atoms with Crippen molar-refractivity contribution in [1.82, 2.24) is 4.90 Å². The zero-order valence-corrected chi connectivity index (χ0v) is 8.44. The van der Waals surface area contributed by atoms with E-state index in [0.717, 1.165) is 18.8 Å². The molecule has 3 heteroatoms. The zero-order chi connectivity index (χ0) is 9.11. The van der Waals surface area contributed by atoms with Crippen molar-refractivity contribution in [2.75, 3.05) is 25.4 Å². The summed E-state index contributed by atoms with van der Waals surface area (Å²) in [6.45, 7) is 9.92. The monoisotopic (exact) mass is 177 g/mol. The normalized spacial score (nSPS) is 9.09. The minimum Gasteiger partial charge on any atom is -0.307 e. The van der Waals surface area contributed by atoms with Crippen LogP contribution in [0.15, 0.2) is 0 Å². The summed E-state index contributed by atoms with van der Waals surface area (Å²) in [7, 11) is 0. The summed E-state index contributed by atoms with van der Waals surface area (Å²) < 4.78 is 0. The van der Waals surface area contributed by atoms with Gasteiger partial charge in [0.15, 0.2) is 0 Å². The third-order valence-corrected chi connectivity index (χ3v) is 1.60. The van der Waals surface area contributed by atoms with Crippen molar-refractivity contribution in [3.8, 4) is 0 Å². The largest absolute Gasteiger partial charge is 0.307 e. The molecule has 0 rings (SSSR count). The Kier molecular flexibility index (Phi) is 15.6. The summed E-state index contributed by atoms with van der Waals surface area (Å²) in [6.07, 6.45) is 1.25. The summed E-state index contributed by atoms with van der Waals surface area (Å²) in [5, 5.41) is 0. The van der Waals surface area contributed by atoms with Gasteiger partial charge in [-0.1, -0.05) is 13.8 Å². The molecule has 0 aliphatic carbocycles. The molecular weight excluding hydrogens is 158 g/mol. The highest BCUT2D eigenvalue weighted by atomic mass is 32.1. The molecule has 0 saturated carbocycles. The van der Waals surface area contributed by atoms with E-state index in [2.05, 4.69) is 31.4 Å². The molecule has 0 aromatic carbocycles. The van der Waals surface area contributed by atoms with Gasteiger partial charge in [-0.15, -0.1) is 0 Å². The van der Waals surface area contributed by atoms with Gasteiger partial charge >= 0.3 is 0 Å². The Balaban J connectivity index is 0. The van der Waals surface area contributed by atoms with E-state index < -0.39 is 0 Å². The number of carbonyl (C=O) groups is 1. The van der Waals surface area contributed by atoms with Crippen molar-refractivity contribution in [2.24, 2.45) is 0 Å². The number of nitrogens with zero attached hydrogens (tertiary/aromatic N) is 1. The van der Waals surface area contributed by atoms with E-state index in [1.165, 1.54) is 13.0 Å². The zero-order valence-electron chi connectivity index (χ0n) is 7.55. The second-order valence-corrected chi connectivity index (χ2v) is 2.61. The predicted molar refractivity (Wildman–Crippen MR) is 53.4 cm³/mol. The van der Waals surface area contributed by atoms with Crippen molar-refractivity contribution in [3.63, 3.8) is 0 Å². The number of hydrogen-bond donors (Lipinski definition) is 1. The average molecular weight is 177 g/mol. The molecule has 0 saturated heterocycles. The molecule has 0 bridgehead atoms. The summed E-state index contributed by atoms with van der Waals surface area (Å²) in [4.78, 5) is 10.4. The van der Waals surface area contributed by atoms with Gasteiger partial charge in [-0.05, 0) is 19.5 Å². The Bertz CT molecular complexity index is 65.1. The van der Waals surface area contributed by atoms with Crippen molar-refractivity contribution in [2.45, 2.75) is 20.3 Å². The Morgan fingerprint density at radius 3 is 2.09 bits per heavy atom. The van der Waals surface area contributed by atoms with Gasteiger partial charge in [-0.2, -0.15) is 12.6 Å². The number of thiol groups is 1. The molecule has 0 radical (unpaired) electrons. The lowest BCUT2D eigenvalue weighted by Gasteiger charge is -2.17. The van der Waals surface area contributed by atoms with Crippen LogP contribution in [-0.2, 0) is 4.79 Å². The molecule has 0 atom stereocenters. The molecular formula is C8H19NOS. The summed E-state index contributed by atoms with van der Waals surface area (Å²) in [6, 6.07) is 0. The van der Waals surface area contributed by atoms with E-state index in [9.17, 15) is 0 Å². The molecule has 0 heterocycles. The van der Waals surface area contributed by atoms with Crippen LogP contribution in [-0.4, -0.2) is 37.1 Å². The van der Waals surface area contributed by atoms with E-state index in [-0.39, 0.29) is 0 Å². The lowest BCUT2D eigenvalue weighted by atomic mass is 10.4. The first-order chi connectivity index (χ1) is 5.35. The fraction of sp³-hybridized carbons (Fsp3) is 0.875. The van der Waals surface area contributed by atoms with Crippen molar-refractivity contribution >= 4 is 19.4 Å². The Hall–Kier alpha value is -0.0200. The Labute approximate surface area is 75.4 Å². The first kappa shape index (κ1) is 13.6. The smallest absolute Gasteiger partial charge is 0.106 e. The number of hydrogen-bond acceptors (Lipinski definition) is 3. The van der Waals surface area contributed by atoms with E-state index in [1.807, 2.05) is 6.79 Å². The molecule has 0 aliphatic heterocycles. The van der Waals surface area contributed by atoms with Crippen LogP contribution in [0.1, 0.15) is 20.3 Å². The molecule has 11 heavy (non-hydrogen) atoms. The highest BCUT2D eigenvalue weighted by molar-refractivity contribution is 7.80. The van der Waals surface area contributed by atoms with E-state index >= 15 is 0 Å². The fourth-order valence-corrected chi connectivity index (χ4v) is 1.17. The first-order valence-corrected chi connectivity index (χ1v) is 4.60. The molecule has 0 amide bonds. The van der Waals surface area contributed by atoms with Gasteiger partial charge in [-0.25, -0.2) is 0 Å². The van der Waals surface area contributed by atoms with Crippen molar-refractivity contribution < 1.29 is 4.79 Å².